The van der Waals surface area contributed by atoms with Crippen molar-refractivity contribution in [3.63, 3.8) is 0 Å². The first-order valence-corrected chi connectivity index (χ1v) is 10.2. The summed E-state index contributed by atoms with van der Waals surface area (Å²) in [5, 5.41) is 7.05. The van der Waals surface area contributed by atoms with Gasteiger partial charge in [0, 0.05) is 18.0 Å². The lowest BCUT2D eigenvalue weighted by molar-refractivity contribution is -0.126. The number of amides is 1. The third-order valence-electron chi connectivity index (χ3n) is 5.44. The minimum absolute atomic E-state index is 0.0310. The number of nitrogens with one attached hydrogen (secondary N) is 1. The normalized spacial score (nSPS) is 15.3. The molecular formula is C23H25FN4O2. The third-order valence-corrected chi connectivity index (χ3v) is 5.44. The average Bonchev–Trinajstić information content (AvgIpc) is 3.21. The van der Waals surface area contributed by atoms with Crippen molar-refractivity contribution in [1.29, 1.82) is 0 Å². The van der Waals surface area contributed by atoms with E-state index in [0.717, 1.165) is 37.1 Å². The van der Waals surface area contributed by atoms with Gasteiger partial charge < -0.3 is 9.84 Å². The van der Waals surface area contributed by atoms with E-state index < -0.39 is 0 Å². The van der Waals surface area contributed by atoms with Gasteiger partial charge in [-0.15, -0.1) is 0 Å². The molecule has 0 saturated carbocycles. The third kappa shape index (κ3) is 5.10. The van der Waals surface area contributed by atoms with Gasteiger partial charge in [0.2, 0.25) is 17.6 Å². The van der Waals surface area contributed by atoms with Crippen LogP contribution in [0.4, 0.5) is 4.39 Å². The Labute approximate surface area is 175 Å². The molecule has 1 N–H and O–H groups in total. The largest absolute Gasteiger partial charge is 0.352 e. The van der Waals surface area contributed by atoms with Crippen LogP contribution < -0.4 is 5.32 Å². The van der Waals surface area contributed by atoms with Crippen LogP contribution in [0, 0.1) is 18.7 Å². The highest BCUT2D eigenvalue weighted by Gasteiger charge is 2.25. The first kappa shape index (κ1) is 20.2. The molecule has 2 heterocycles. The van der Waals surface area contributed by atoms with Gasteiger partial charge in [0.05, 0.1) is 6.54 Å². The van der Waals surface area contributed by atoms with Gasteiger partial charge in [-0.1, -0.05) is 35.0 Å². The van der Waals surface area contributed by atoms with E-state index in [-0.39, 0.29) is 17.6 Å². The Balaban J connectivity index is 1.24. The molecule has 1 aliphatic rings. The number of nitrogens with zero attached hydrogens (tertiary/aromatic N) is 3. The van der Waals surface area contributed by atoms with Crippen molar-refractivity contribution in [3.05, 3.63) is 71.4 Å². The lowest BCUT2D eigenvalue weighted by Gasteiger charge is -2.30. The highest BCUT2D eigenvalue weighted by atomic mass is 19.1. The van der Waals surface area contributed by atoms with Gasteiger partial charge in [-0.25, -0.2) is 4.39 Å². The summed E-state index contributed by atoms with van der Waals surface area (Å²) < 4.78 is 18.4. The second-order valence-corrected chi connectivity index (χ2v) is 7.78. The molecule has 1 fully saturated rings. The van der Waals surface area contributed by atoms with Crippen LogP contribution in [-0.4, -0.2) is 34.0 Å². The van der Waals surface area contributed by atoms with Gasteiger partial charge in [0.25, 0.3) is 0 Å². The molecule has 3 aromatic rings. The van der Waals surface area contributed by atoms with Crippen LogP contribution in [-0.2, 0) is 17.9 Å². The van der Waals surface area contributed by atoms with Crippen molar-refractivity contribution in [3.8, 4) is 11.4 Å². The minimum atomic E-state index is -0.298. The zero-order valence-electron chi connectivity index (χ0n) is 17.0. The molecule has 30 heavy (non-hydrogen) atoms. The molecule has 0 spiro atoms. The van der Waals surface area contributed by atoms with E-state index in [9.17, 15) is 9.18 Å². The van der Waals surface area contributed by atoms with E-state index in [1.165, 1.54) is 17.7 Å². The number of likely N-dealkylation sites (tertiary alicyclic amines) is 1. The number of carbonyl (C=O) groups is 1. The maximum absolute atomic E-state index is 13.1. The Bertz CT molecular complexity index is 994. The number of benzene rings is 2. The quantitative estimate of drug-likeness (QED) is 0.673. The van der Waals surface area contributed by atoms with Gasteiger partial charge in [0.15, 0.2) is 0 Å². The molecule has 6 nitrogen and oxygen atoms in total. The standard InChI is InChI=1S/C23H25FN4O2/c1-16-3-2-4-17(13-16)14-25-23(29)19-9-11-28(12-10-19)15-21-26-22(27-30-21)18-5-7-20(24)8-6-18/h2-8,13,19H,9-12,14-15H2,1H3,(H,25,29). The van der Waals surface area contributed by atoms with E-state index in [1.54, 1.807) is 12.1 Å². The Morgan fingerprint density at radius 2 is 1.97 bits per heavy atom. The number of piperidine rings is 1. The second-order valence-electron chi connectivity index (χ2n) is 7.78. The van der Waals surface area contributed by atoms with Gasteiger partial charge in [-0.3, -0.25) is 9.69 Å². The van der Waals surface area contributed by atoms with E-state index in [1.807, 2.05) is 25.1 Å². The van der Waals surface area contributed by atoms with Crippen molar-refractivity contribution in [2.24, 2.45) is 5.92 Å². The van der Waals surface area contributed by atoms with E-state index in [2.05, 4.69) is 26.4 Å². The van der Waals surface area contributed by atoms with Gasteiger partial charge >= 0.3 is 0 Å². The molecule has 0 atom stereocenters. The Kier molecular flexibility index (Phi) is 6.18. The Hall–Kier alpha value is -3.06. The number of aromatic nitrogens is 2. The monoisotopic (exact) mass is 408 g/mol. The van der Waals surface area contributed by atoms with Crippen LogP contribution in [0.2, 0.25) is 0 Å². The number of halogens is 1. The molecule has 1 saturated heterocycles. The minimum Gasteiger partial charge on any atom is -0.352 e. The number of hydrogen-bond donors (Lipinski definition) is 1. The van der Waals surface area contributed by atoms with Crippen molar-refractivity contribution in [2.45, 2.75) is 32.9 Å². The van der Waals surface area contributed by atoms with Gasteiger partial charge in [-0.2, -0.15) is 4.98 Å². The lowest BCUT2D eigenvalue weighted by atomic mass is 9.96. The molecule has 1 aliphatic heterocycles. The fraction of sp³-hybridized carbons (Fsp3) is 0.348. The van der Waals surface area contributed by atoms with Crippen LogP contribution in [0.3, 0.4) is 0 Å². The second kappa shape index (κ2) is 9.17. The summed E-state index contributed by atoms with van der Waals surface area (Å²) in [7, 11) is 0. The van der Waals surface area contributed by atoms with Crippen molar-refractivity contribution in [1.82, 2.24) is 20.4 Å². The summed E-state index contributed by atoms with van der Waals surface area (Å²) in [5.41, 5.74) is 3.03. The van der Waals surface area contributed by atoms with Gasteiger partial charge in [0.1, 0.15) is 5.82 Å². The van der Waals surface area contributed by atoms with Crippen LogP contribution in [0.1, 0.15) is 29.9 Å². The zero-order chi connectivity index (χ0) is 20.9. The Morgan fingerprint density at radius 1 is 1.20 bits per heavy atom. The molecule has 7 heteroatoms. The van der Waals surface area contributed by atoms with Crippen molar-refractivity contribution in [2.75, 3.05) is 13.1 Å². The number of aryl methyl sites for hydroxylation is 1. The summed E-state index contributed by atoms with van der Waals surface area (Å²) >= 11 is 0. The molecule has 0 aliphatic carbocycles. The van der Waals surface area contributed by atoms with Crippen molar-refractivity contribution < 1.29 is 13.7 Å². The highest BCUT2D eigenvalue weighted by molar-refractivity contribution is 5.78. The van der Waals surface area contributed by atoms with E-state index >= 15 is 0 Å². The van der Waals surface area contributed by atoms with Crippen molar-refractivity contribution >= 4 is 5.91 Å². The lowest BCUT2D eigenvalue weighted by Crippen LogP contribution is -2.40. The summed E-state index contributed by atoms with van der Waals surface area (Å²) in [6.07, 6.45) is 1.61. The summed E-state index contributed by atoms with van der Waals surface area (Å²) in [6.45, 7) is 4.77. The topological polar surface area (TPSA) is 71.3 Å². The van der Waals surface area contributed by atoms with Gasteiger partial charge in [-0.05, 0) is 62.7 Å². The molecule has 1 amide bonds. The van der Waals surface area contributed by atoms with Crippen LogP contribution in [0.5, 0.6) is 0 Å². The first-order valence-electron chi connectivity index (χ1n) is 10.2. The SMILES string of the molecule is Cc1cccc(CNC(=O)C2CCN(Cc3nc(-c4ccc(F)cc4)no3)CC2)c1. The number of hydrogen-bond acceptors (Lipinski definition) is 5. The predicted molar refractivity (Wildman–Crippen MR) is 111 cm³/mol. The van der Waals surface area contributed by atoms with Crippen LogP contribution in [0.25, 0.3) is 11.4 Å². The number of carbonyl (C=O) groups excluding carboxylic acids is 1. The summed E-state index contributed by atoms with van der Waals surface area (Å²) in [6, 6.07) is 14.2. The summed E-state index contributed by atoms with van der Waals surface area (Å²) in [4.78, 5) is 19.1. The molecule has 4 rings (SSSR count). The fourth-order valence-corrected chi connectivity index (χ4v) is 3.74. The smallest absolute Gasteiger partial charge is 0.241 e. The van der Waals surface area contributed by atoms with E-state index in [4.69, 9.17) is 4.52 Å². The molecule has 0 radical (unpaired) electrons. The summed E-state index contributed by atoms with van der Waals surface area (Å²) in [5.74, 6) is 0.830. The molecule has 1 aromatic heterocycles. The maximum Gasteiger partial charge on any atom is 0.241 e. The number of rotatable bonds is 6. The maximum atomic E-state index is 13.1. The Morgan fingerprint density at radius 3 is 2.70 bits per heavy atom. The average molecular weight is 408 g/mol. The van der Waals surface area contributed by atoms with Crippen LogP contribution in [0.15, 0.2) is 53.1 Å². The highest BCUT2D eigenvalue weighted by Crippen LogP contribution is 2.21. The molecule has 156 valence electrons. The first-order chi connectivity index (χ1) is 14.6. The molecule has 2 aromatic carbocycles. The zero-order valence-corrected chi connectivity index (χ0v) is 17.0. The fourth-order valence-electron chi connectivity index (χ4n) is 3.74. The molecular weight excluding hydrogens is 383 g/mol. The molecule has 0 bridgehead atoms. The predicted octanol–water partition coefficient (Wildman–Crippen LogP) is 3.71. The van der Waals surface area contributed by atoms with E-state index in [0.29, 0.717) is 24.8 Å². The van der Waals surface area contributed by atoms with Crippen LogP contribution >= 0.6 is 0 Å². The molecule has 0 unspecified atom stereocenters.